The largest absolute Gasteiger partial charge is 0.337 e. The van der Waals surface area contributed by atoms with Gasteiger partial charge < -0.3 is 10.2 Å². The van der Waals surface area contributed by atoms with Gasteiger partial charge in [-0.25, -0.2) is 8.42 Å². The Bertz CT molecular complexity index is 826. The highest BCUT2D eigenvalue weighted by Gasteiger charge is 2.32. The van der Waals surface area contributed by atoms with E-state index in [1.807, 2.05) is 11.0 Å². The minimum absolute atomic E-state index is 0. The van der Waals surface area contributed by atoms with Crippen LogP contribution in [0.15, 0.2) is 18.2 Å². The Labute approximate surface area is 173 Å². The van der Waals surface area contributed by atoms with E-state index in [0.717, 1.165) is 69.8 Å². The van der Waals surface area contributed by atoms with Gasteiger partial charge >= 0.3 is 0 Å². The lowest BCUT2D eigenvalue weighted by Crippen LogP contribution is -2.49. The smallest absolute Gasteiger partial charge is 0.253 e. The summed E-state index contributed by atoms with van der Waals surface area (Å²) in [6, 6.07) is 5.93. The minimum Gasteiger partial charge on any atom is -0.337 e. The second-order valence-corrected chi connectivity index (χ2v) is 9.67. The summed E-state index contributed by atoms with van der Waals surface area (Å²) in [5, 5.41) is 3.37. The molecule has 1 N–H and O–H groups in total. The fourth-order valence-electron chi connectivity index (χ4n) is 4.49. The van der Waals surface area contributed by atoms with E-state index in [0.29, 0.717) is 18.2 Å². The monoisotopic (exact) mass is 428 g/mol. The first kappa shape index (κ1) is 21.4. The second-order valence-electron chi connectivity index (χ2n) is 7.76. The molecule has 7 nitrogen and oxygen atoms in total. The molecule has 0 radical (unpaired) electrons. The SMILES string of the molecule is CS(=O)(=O)N1CCCc2cc(C(=O)N3CCC(N4CCNCC4)C3)ccc21.Cl. The summed E-state index contributed by atoms with van der Waals surface area (Å²) in [6.07, 6.45) is 3.86. The zero-order chi connectivity index (χ0) is 19.0. The van der Waals surface area contributed by atoms with Crippen molar-refractivity contribution in [2.75, 3.05) is 56.4 Å². The highest BCUT2D eigenvalue weighted by atomic mass is 35.5. The number of nitrogens with one attached hydrogen (secondary N) is 1. The van der Waals surface area contributed by atoms with Crippen molar-refractivity contribution in [2.24, 2.45) is 0 Å². The molecule has 3 aliphatic heterocycles. The van der Waals surface area contributed by atoms with E-state index in [-0.39, 0.29) is 18.3 Å². The summed E-state index contributed by atoms with van der Waals surface area (Å²) < 4.78 is 25.5. The fraction of sp³-hybridized carbons (Fsp3) is 0.632. The molecule has 1 atom stereocenters. The predicted molar refractivity (Wildman–Crippen MR) is 113 cm³/mol. The van der Waals surface area contributed by atoms with E-state index in [1.54, 1.807) is 12.1 Å². The highest BCUT2D eigenvalue weighted by Crippen LogP contribution is 2.30. The molecule has 0 spiro atoms. The molecule has 0 saturated carbocycles. The van der Waals surface area contributed by atoms with Gasteiger partial charge in [0.05, 0.1) is 11.9 Å². The molecule has 3 aliphatic rings. The maximum absolute atomic E-state index is 13.0. The van der Waals surface area contributed by atoms with E-state index < -0.39 is 10.0 Å². The molecule has 0 bridgehead atoms. The number of hydrogen-bond donors (Lipinski definition) is 1. The molecule has 1 aromatic rings. The van der Waals surface area contributed by atoms with E-state index in [1.165, 1.54) is 10.6 Å². The summed E-state index contributed by atoms with van der Waals surface area (Å²) >= 11 is 0. The Morgan fingerprint density at radius 3 is 2.61 bits per heavy atom. The molecule has 1 amide bonds. The van der Waals surface area contributed by atoms with Gasteiger partial charge in [-0.15, -0.1) is 12.4 Å². The normalized spacial score (nSPS) is 23.2. The molecular weight excluding hydrogens is 400 g/mol. The number of aryl methyl sites for hydroxylation is 1. The van der Waals surface area contributed by atoms with E-state index in [2.05, 4.69) is 10.2 Å². The van der Waals surface area contributed by atoms with Crippen molar-refractivity contribution < 1.29 is 13.2 Å². The van der Waals surface area contributed by atoms with Gasteiger partial charge in [0.15, 0.2) is 0 Å². The lowest BCUT2D eigenvalue weighted by molar-refractivity contribution is 0.0773. The molecule has 4 rings (SSSR count). The summed E-state index contributed by atoms with van der Waals surface area (Å²) in [6.45, 7) is 6.22. The van der Waals surface area contributed by atoms with Crippen LogP contribution >= 0.6 is 12.4 Å². The van der Waals surface area contributed by atoms with Crippen molar-refractivity contribution in [1.29, 1.82) is 0 Å². The first-order chi connectivity index (χ1) is 12.9. The topological polar surface area (TPSA) is 73.0 Å². The number of nitrogens with zero attached hydrogens (tertiary/aromatic N) is 3. The van der Waals surface area contributed by atoms with Crippen LogP contribution in [0.5, 0.6) is 0 Å². The Balaban J connectivity index is 0.00000225. The first-order valence-corrected chi connectivity index (χ1v) is 11.6. The number of fused-ring (bicyclic) bond motifs is 1. The number of halogens is 1. The van der Waals surface area contributed by atoms with Crippen molar-refractivity contribution >= 4 is 34.0 Å². The van der Waals surface area contributed by atoms with Crippen LogP contribution in [-0.2, 0) is 16.4 Å². The summed E-state index contributed by atoms with van der Waals surface area (Å²) in [7, 11) is -3.28. The third kappa shape index (κ3) is 4.30. The second kappa shape index (κ2) is 8.57. The molecule has 0 aliphatic carbocycles. The van der Waals surface area contributed by atoms with Crippen LogP contribution in [-0.4, -0.2) is 82.2 Å². The van der Waals surface area contributed by atoms with E-state index >= 15 is 0 Å². The van der Waals surface area contributed by atoms with Crippen LogP contribution in [0.25, 0.3) is 0 Å². The van der Waals surface area contributed by atoms with Gasteiger partial charge in [0.1, 0.15) is 0 Å². The van der Waals surface area contributed by atoms with Gasteiger partial charge in [0, 0.05) is 57.4 Å². The zero-order valence-corrected chi connectivity index (χ0v) is 17.9. The molecule has 3 heterocycles. The number of hydrogen-bond acceptors (Lipinski definition) is 5. The quantitative estimate of drug-likeness (QED) is 0.775. The van der Waals surface area contributed by atoms with Crippen molar-refractivity contribution in [3.63, 3.8) is 0 Å². The number of likely N-dealkylation sites (tertiary alicyclic amines) is 1. The van der Waals surface area contributed by atoms with Gasteiger partial charge in [0.25, 0.3) is 5.91 Å². The van der Waals surface area contributed by atoms with Crippen LogP contribution in [0.2, 0.25) is 0 Å². The van der Waals surface area contributed by atoms with Crippen molar-refractivity contribution in [2.45, 2.75) is 25.3 Å². The summed E-state index contributed by atoms with van der Waals surface area (Å²) in [4.78, 5) is 17.4. The van der Waals surface area contributed by atoms with Crippen LogP contribution < -0.4 is 9.62 Å². The van der Waals surface area contributed by atoms with Crippen LogP contribution in [0, 0.1) is 0 Å². The number of carbonyl (C=O) groups excluding carboxylic acids is 1. The van der Waals surface area contributed by atoms with Crippen LogP contribution in [0.3, 0.4) is 0 Å². The molecule has 2 saturated heterocycles. The number of rotatable bonds is 3. The van der Waals surface area contributed by atoms with Crippen LogP contribution in [0.4, 0.5) is 5.69 Å². The maximum Gasteiger partial charge on any atom is 0.253 e. The minimum atomic E-state index is -3.28. The molecule has 9 heteroatoms. The number of piperazine rings is 1. The first-order valence-electron chi connectivity index (χ1n) is 9.78. The number of sulfonamides is 1. The Kier molecular flexibility index (Phi) is 6.54. The molecule has 156 valence electrons. The maximum atomic E-state index is 13.0. The highest BCUT2D eigenvalue weighted by molar-refractivity contribution is 7.92. The Morgan fingerprint density at radius 1 is 1.14 bits per heavy atom. The number of amides is 1. The van der Waals surface area contributed by atoms with E-state index in [4.69, 9.17) is 0 Å². The van der Waals surface area contributed by atoms with Gasteiger partial charge in [-0.3, -0.25) is 14.0 Å². The average molecular weight is 429 g/mol. The average Bonchev–Trinajstić information content (AvgIpc) is 3.16. The summed E-state index contributed by atoms with van der Waals surface area (Å²) in [5.41, 5.74) is 2.35. The fourth-order valence-corrected chi connectivity index (χ4v) is 5.49. The third-order valence-electron chi connectivity index (χ3n) is 5.92. The predicted octanol–water partition coefficient (Wildman–Crippen LogP) is 0.940. The van der Waals surface area contributed by atoms with E-state index in [9.17, 15) is 13.2 Å². The third-order valence-corrected chi connectivity index (χ3v) is 7.10. The molecule has 1 aromatic carbocycles. The van der Waals surface area contributed by atoms with Gasteiger partial charge in [-0.1, -0.05) is 0 Å². The van der Waals surface area contributed by atoms with Crippen LogP contribution in [0.1, 0.15) is 28.8 Å². The number of benzene rings is 1. The van der Waals surface area contributed by atoms with Crippen molar-refractivity contribution in [1.82, 2.24) is 15.1 Å². The van der Waals surface area contributed by atoms with Crippen molar-refractivity contribution in [3.8, 4) is 0 Å². The number of anilines is 1. The van der Waals surface area contributed by atoms with Crippen molar-refractivity contribution in [3.05, 3.63) is 29.3 Å². The Morgan fingerprint density at radius 2 is 1.89 bits per heavy atom. The zero-order valence-electron chi connectivity index (χ0n) is 16.3. The lowest BCUT2D eigenvalue weighted by atomic mass is 10.0. The molecule has 1 unspecified atom stereocenters. The van der Waals surface area contributed by atoms with Gasteiger partial charge in [-0.2, -0.15) is 0 Å². The summed E-state index contributed by atoms with van der Waals surface area (Å²) in [5.74, 6) is 0.0620. The van der Waals surface area contributed by atoms with Gasteiger partial charge in [0.2, 0.25) is 10.0 Å². The Hall–Kier alpha value is -1.35. The molecule has 28 heavy (non-hydrogen) atoms. The van der Waals surface area contributed by atoms with Gasteiger partial charge in [-0.05, 0) is 43.0 Å². The molecule has 0 aromatic heterocycles. The lowest BCUT2D eigenvalue weighted by Gasteiger charge is -2.32. The molecular formula is C19H29ClN4O3S. The molecule has 2 fully saturated rings. The number of carbonyl (C=O) groups is 1. The standard InChI is InChI=1S/C19H28N4O3S.ClH/c1-27(25,26)23-9-2-3-15-13-16(4-5-18(15)23)19(24)22-10-6-17(14-22)21-11-7-20-8-12-21;/h4-5,13,17,20H,2-3,6-12,14H2,1H3;1H.